The predicted octanol–water partition coefficient (Wildman–Crippen LogP) is 3.90. The third kappa shape index (κ3) is 3.68. The number of nitrogens with zero attached hydrogens (tertiary/aromatic N) is 1. The minimum Gasteiger partial charge on any atom is -0.454 e. The van der Waals surface area contributed by atoms with Crippen LogP contribution in [-0.2, 0) is 10.0 Å². The molecule has 27 heavy (non-hydrogen) atoms. The van der Waals surface area contributed by atoms with Crippen LogP contribution in [0.25, 0.3) is 0 Å². The molecule has 1 fully saturated rings. The minimum atomic E-state index is -3.48. The van der Waals surface area contributed by atoms with Crippen LogP contribution in [-0.4, -0.2) is 38.4 Å². The highest BCUT2D eigenvalue weighted by molar-refractivity contribution is 7.99. The van der Waals surface area contributed by atoms with Crippen LogP contribution in [0.15, 0.2) is 41.3 Å². The van der Waals surface area contributed by atoms with Gasteiger partial charge in [-0.15, -0.1) is 0 Å². The molecule has 2 heterocycles. The molecule has 0 N–H and O–H groups in total. The number of ether oxygens (including phenoxy) is 2. The van der Waals surface area contributed by atoms with Gasteiger partial charge in [0.25, 0.3) is 0 Å². The number of sulfonamides is 1. The summed E-state index contributed by atoms with van der Waals surface area (Å²) < 4.78 is 38.9. The molecule has 0 spiro atoms. The first-order chi connectivity index (χ1) is 12.9. The van der Waals surface area contributed by atoms with Crippen molar-refractivity contribution in [2.45, 2.75) is 30.4 Å². The van der Waals surface area contributed by atoms with E-state index in [9.17, 15) is 8.42 Å². The molecule has 4 rings (SSSR count). The third-order valence-corrected chi connectivity index (χ3v) is 8.40. The van der Waals surface area contributed by atoms with Crippen LogP contribution in [0.2, 0.25) is 0 Å². The zero-order valence-electron chi connectivity index (χ0n) is 15.5. The van der Waals surface area contributed by atoms with E-state index in [-0.39, 0.29) is 12.0 Å². The molecule has 2 aromatic rings. The van der Waals surface area contributed by atoms with Crippen LogP contribution < -0.4 is 9.47 Å². The van der Waals surface area contributed by atoms with E-state index >= 15 is 0 Å². The smallest absolute Gasteiger partial charge is 0.243 e. The van der Waals surface area contributed by atoms with Crippen LogP contribution in [0.5, 0.6) is 11.5 Å². The zero-order chi connectivity index (χ0) is 19.0. The van der Waals surface area contributed by atoms with Crippen molar-refractivity contribution in [1.29, 1.82) is 0 Å². The summed E-state index contributed by atoms with van der Waals surface area (Å²) in [6.07, 6.45) is 0.772. The van der Waals surface area contributed by atoms with E-state index in [1.165, 1.54) is 0 Å². The Kier molecular flexibility index (Phi) is 5.09. The molecule has 2 aliphatic heterocycles. The maximum atomic E-state index is 13.2. The van der Waals surface area contributed by atoms with E-state index in [2.05, 4.69) is 6.07 Å². The van der Waals surface area contributed by atoms with E-state index in [1.807, 2.05) is 38.1 Å². The molecular formula is C20H23NO4S2. The van der Waals surface area contributed by atoms with Gasteiger partial charge >= 0.3 is 0 Å². The monoisotopic (exact) mass is 405 g/mol. The lowest BCUT2D eigenvalue weighted by Gasteiger charge is -2.21. The molecule has 1 saturated heterocycles. The van der Waals surface area contributed by atoms with E-state index in [1.54, 1.807) is 22.1 Å². The number of rotatable bonds is 3. The summed E-state index contributed by atoms with van der Waals surface area (Å²) in [6, 6.07) is 11.6. The van der Waals surface area contributed by atoms with Crippen molar-refractivity contribution in [3.05, 3.63) is 53.1 Å². The number of hydrogen-bond donors (Lipinski definition) is 0. The van der Waals surface area contributed by atoms with Gasteiger partial charge in [0.05, 0.1) is 4.90 Å². The normalized spacial score (nSPS) is 20.4. The summed E-state index contributed by atoms with van der Waals surface area (Å²) in [7, 11) is -3.48. The molecule has 2 aliphatic rings. The lowest BCUT2D eigenvalue weighted by molar-refractivity contribution is 0.174. The van der Waals surface area contributed by atoms with Gasteiger partial charge < -0.3 is 9.47 Å². The van der Waals surface area contributed by atoms with Crippen molar-refractivity contribution in [1.82, 2.24) is 4.31 Å². The maximum absolute atomic E-state index is 13.2. The van der Waals surface area contributed by atoms with E-state index in [0.29, 0.717) is 18.0 Å². The van der Waals surface area contributed by atoms with Crippen molar-refractivity contribution < 1.29 is 17.9 Å². The summed E-state index contributed by atoms with van der Waals surface area (Å²) in [5.74, 6) is 2.32. The fourth-order valence-electron chi connectivity index (χ4n) is 3.49. The summed E-state index contributed by atoms with van der Waals surface area (Å²) in [5.41, 5.74) is 2.92. The van der Waals surface area contributed by atoms with E-state index in [4.69, 9.17) is 9.47 Å². The second-order valence-electron chi connectivity index (χ2n) is 6.93. The highest BCUT2D eigenvalue weighted by atomic mass is 32.2. The first kappa shape index (κ1) is 18.7. The summed E-state index contributed by atoms with van der Waals surface area (Å²) >= 11 is 1.80. The molecule has 0 saturated carbocycles. The van der Waals surface area contributed by atoms with E-state index < -0.39 is 10.0 Å². The first-order valence-electron chi connectivity index (χ1n) is 9.04. The molecule has 0 radical (unpaired) electrons. The van der Waals surface area contributed by atoms with Gasteiger partial charge in [-0.25, -0.2) is 8.42 Å². The average Bonchev–Trinajstić information content (AvgIpc) is 2.97. The number of thioether (sulfide) groups is 1. The molecule has 0 aliphatic carbocycles. The lowest BCUT2D eigenvalue weighted by atomic mass is 10.1. The SMILES string of the molecule is Cc1ccc(C)c(S(=O)(=O)N2CCSC(c3ccc4c(c3)OCO4)CC2)c1. The zero-order valence-corrected chi connectivity index (χ0v) is 17.1. The summed E-state index contributed by atoms with van der Waals surface area (Å²) in [4.78, 5) is 0.425. The van der Waals surface area contributed by atoms with Gasteiger partial charge in [0, 0.05) is 24.1 Å². The fourth-order valence-corrected chi connectivity index (χ4v) is 6.60. The molecule has 144 valence electrons. The third-order valence-electron chi connectivity index (χ3n) is 5.03. The van der Waals surface area contributed by atoms with Crippen molar-refractivity contribution >= 4 is 21.8 Å². The van der Waals surface area contributed by atoms with Gasteiger partial charge in [0.2, 0.25) is 16.8 Å². The Morgan fingerprint density at radius 2 is 1.85 bits per heavy atom. The Morgan fingerprint density at radius 1 is 1.04 bits per heavy atom. The molecule has 0 amide bonds. The molecule has 0 bridgehead atoms. The Hall–Kier alpha value is -1.70. The standard InChI is InChI=1S/C20H23NO4S2/c1-14-3-4-15(2)20(11-14)27(22,23)21-8-7-19(26-10-9-21)16-5-6-17-18(12-16)25-13-24-17/h3-6,11-12,19H,7-10,13H2,1-2H3. The van der Waals surface area contributed by atoms with Crippen LogP contribution in [0.3, 0.4) is 0 Å². The van der Waals surface area contributed by atoms with Crippen LogP contribution >= 0.6 is 11.8 Å². The highest BCUT2D eigenvalue weighted by Crippen LogP contribution is 2.40. The minimum absolute atomic E-state index is 0.248. The van der Waals surface area contributed by atoms with Crippen LogP contribution in [0.1, 0.15) is 28.4 Å². The van der Waals surface area contributed by atoms with Crippen LogP contribution in [0.4, 0.5) is 0 Å². The topological polar surface area (TPSA) is 55.8 Å². The van der Waals surface area contributed by atoms with Crippen molar-refractivity contribution in [3.8, 4) is 11.5 Å². The van der Waals surface area contributed by atoms with Gasteiger partial charge in [0.15, 0.2) is 11.5 Å². The summed E-state index contributed by atoms with van der Waals surface area (Å²) in [6.45, 7) is 5.09. The molecule has 1 atom stereocenters. The Bertz CT molecular complexity index is 958. The number of fused-ring (bicyclic) bond motifs is 1. The first-order valence-corrected chi connectivity index (χ1v) is 11.5. The molecule has 7 heteroatoms. The molecule has 0 aromatic heterocycles. The molecular weight excluding hydrogens is 382 g/mol. The fraction of sp³-hybridized carbons (Fsp3) is 0.400. The van der Waals surface area contributed by atoms with Gasteiger partial charge in [-0.1, -0.05) is 18.2 Å². The largest absolute Gasteiger partial charge is 0.454 e. The second-order valence-corrected chi connectivity index (χ2v) is 10.2. The van der Waals surface area contributed by atoms with Crippen molar-refractivity contribution in [3.63, 3.8) is 0 Å². The van der Waals surface area contributed by atoms with Crippen molar-refractivity contribution in [2.24, 2.45) is 0 Å². The number of aryl methyl sites for hydroxylation is 2. The predicted molar refractivity (Wildman–Crippen MR) is 107 cm³/mol. The van der Waals surface area contributed by atoms with Gasteiger partial charge in [-0.3, -0.25) is 0 Å². The van der Waals surface area contributed by atoms with E-state index in [0.717, 1.165) is 40.4 Å². The molecule has 5 nitrogen and oxygen atoms in total. The molecule has 1 unspecified atom stereocenters. The quantitative estimate of drug-likeness (QED) is 0.775. The summed E-state index contributed by atoms with van der Waals surface area (Å²) in [5, 5.41) is 0.248. The second kappa shape index (κ2) is 7.37. The Balaban J connectivity index is 1.54. The van der Waals surface area contributed by atoms with Gasteiger partial charge in [-0.05, 0) is 55.2 Å². The van der Waals surface area contributed by atoms with Gasteiger partial charge in [0.1, 0.15) is 0 Å². The van der Waals surface area contributed by atoms with Gasteiger partial charge in [-0.2, -0.15) is 16.1 Å². The highest BCUT2D eigenvalue weighted by Gasteiger charge is 2.30. The number of hydrogen-bond acceptors (Lipinski definition) is 5. The Morgan fingerprint density at radius 3 is 2.70 bits per heavy atom. The van der Waals surface area contributed by atoms with Crippen molar-refractivity contribution in [2.75, 3.05) is 25.6 Å². The number of benzene rings is 2. The average molecular weight is 406 g/mol. The lowest BCUT2D eigenvalue weighted by Crippen LogP contribution is -2.33. The maximum Gasteiger partial charge on any atom is 0.243 e. The molecule has 2 aromatic carbocycles. The van der Waals surface area contributed by atoms with Crippen LogP contribution in [0, 0.1) is 13.8 Å². The Labute approximate surface area is 164 Å².